The lowest BCUT2D eigenvalue weighted by Gasteiger charge is -2.17. The second kappa shape index (κ2) is 7.88. The first-order valence-electron chi connectivity index (χ1n) is 6.52. The number of nitrogens with zero attached hydrogens (tertiary/aromatic N) is 1. The minimum absolute atomic E-state index is 0.0162. The molecule has 3 N–H and O–H groups in total. The van der Waals surface area contributed by atoms with Crippen molar-refractivity contribution in [2.75, 3.05) is 20.1 Å². The van der Waals surface area contributed by atoms with Gasteiger partial charge in [0.2, 0.25) is 5.91 Å². The van der Waals surface area contributed by atoms with E-state index in [1.54, 1.807) is 19.1 Å². The molecule has 0 heterocycles. The number of urea groups is 1. The van der Waals surface area contributed by atoms with E-state index in [1.807, 2.05) is 0 Å². The standard InChI is InChI=1S/C14H19N3O4/c1-3-15-12(18)9-17(2)14(21)16-8-10-4-6-11(7-5-10)13(19)20/h4-7H,3,8-9H2,1-2H3,(H,15,18)(H,16,21)(H,19,20). The summed E-state index contributed by atoms with van der Waals surface area (Å²) >= 11 is 0. The summed E-state index contributed by atoms with van der Waals surface area (Å²) in [5.41, 5.74) is 0.971. The Morgan fingerprint density at radius 2 is 1.76 bits per heavy atom. The lowest BCUT2D eigenvalue weighted by molar-refractivity contribution is -0.121. The van der Waals surface area contributed by atoms with Crippen LogP contribution in [-0.2, 0) is 11.3 Å². The lowest BCUT2D eigenvalue weighted by Crippen LogP contribution is -2.43. The predicted molar refractivity (Wildman–Crippen MR) is 77.0 cm³/mol. The van der Waals surface area contributed by atoms with E-state index in [2.05, 4.69) is 10.6 Å². The molecule has 114 valence electrons. The average Bonchev–Trinajstić information content (AvgIpc) is 2.45. The number of hydrogen-bond donors (Lipinski definition) is 3. The average molecular weight is 293 g/mol. The molecule has 0 aliphatic heterocycles. The third-order valence-corrected chi connectivity index (χ3v) is 2.75. The second-order valence-corrected chi connectivity index (χ2v) is 4.47. The van der Waals surface area contributed by atoms with Crippen LogP contribution in [0.1, 0.15) is 22.8 Å². The van der Waals surface area contributed by atoms with Crippen LogP contribution in [-0.4, -0.2) is 48.1 Å². The van der Waals surface area contributed by atoms with E-state index in [0.717, 1.165) is 5.56 Å². The normalized spacial score (nSPS) is 9.81. The van der Waals surface area contributed by atoms with Crippen molar-refractivity contribution >= 4 is 17.9 Å². The molecule has 0 bridgehead atoms. The third kappa shape index (κ3) is 5.52. The summed E-state index contributed by atoms with van der Waals surface area (Å²) in [6.45, 7) is 2.57. The summed E-state index contributed by atoms with van der Waals surface area (Å²) in [6.07, 6.45) is 0. The molecule has 7 heteroatoms. The maximum atomic E-state index is 11.8. The molecule has 0 aliphatic carbocycles. The van der Waals surface area contributed by atoms with Crippen molar-refractivity contribution < 1.29 is 19.5 Å². The molecule has 0 fully saturated rings. The quantitative estimate of drug-likeness (QED) is 0.717. The van der Waals surface area contributed by atoms with Crippen molar-refractivity contribution in [3.63, 3.8) is 0 Å². The number of carboxylic acids is 1. The SMILES string of the molecule is CCNC(=O)CN(C)C(=O)NCc1ccc(C(=O)O)cc1. The van der Waals surface area contributed by atoms with Gasteiger partial charge in [0, 0.05) is 20.1 Å². The first-order chi connectivity index (χ1) is 9.93. The highest BCUT2D eigenvalue weighted by atomic mass is 16.4. The molecule has 0 saturated heterocycles. The highest BCUT2D eigenvalue weighted by molar-refractivity contribution is 5.87. The zero-order valence-corrected chi connectivity index (χ0v) is 12.0. The molecule has 0 spiro atoms. The summed E-state index contributed by atoms with van der Waals surface area (Å²) in [7, 11) is 1.53. The van der Waals surface area contributed by atoms with Crippen molar-refractivity contribution in [1.29, 1.82) is 0 Å². The van der Waals surface area contributed by atoms with Gasteiger partial charge in [0.25, 0.3) is 0 Å². The van der Waals surface area contributed by atoms with E-state index in [4.69, 9.17) is 5.11 Å². The van der Waals surface area contributed by atoms with Gasteiger partial charge in [-0.3, -0.25) is 4.79 Å². The first kappa shape index (κ1) is 16.5. The second-order valence-electron chi connectivity index (χ2n) is 4.47. The van der Waals surface area contributed by atoms with Gasteiger partial charge >= 0.3 is 12.0 Å². The Labute approximate surface area is 122 Å². The number of aromatic carboxylic acids is 1. The lowest BCUT2D eigenvalue weighted by atomic mass is 10.1. The fourth-order valence-corrected chi connectivity index (χ4v) is 1.62. The van der Waals surface area contributed by atoms with Crippen molar-refractivity contribution in [2.45, 2.75) is 13.5 Å². The number of rotatable bonds is 6. The Balaban J connectivity index is 2.45. The van der Waals surface area contributed by atoms with Crippen LogP contribution in [0.5, 0.6) is 0 Å². The Morgan fingerprint density at radius 1 is 1.14 bits per heavy atom. The van der Waals surface area contributed by atoms with E-state index in [9.17, 15) is 14.4 Å². The molecule has 0 radical (unpaired) electrons. The molecule has 1 aromatic carbocycles. The number of carbonyl (C=O) groups is 3. The maximum absolute atomic E-state index is 11.8. The molecular weight excluding hydrogens is 274 g/mol. The van der Waals surface area contributed by atoms with Crippen molar-refractivity contribution in [2.24, 2.45) is 0 Å². The number of hydrogen-bond acceptors (Lipinski definition) is 3. The van der Waals surface area contributed by atoms with Crippen LogP contribution < -0.4 is 10.6 Å². The Morgan fingerprint density at radius 3 is 2.29 bits per heavy atom. The van der Waals surface area contributed by atoms with Crippen LogP contribution in [0, 0.1) is 0 Å². The summed E-state index contributed by atoms with van der Waals surface area (Å²) < 4.78 is 0. The molecule has 0 aromatic heterocycles. The largest absolute Gasteiger partial charge is 0.478 e. The minimum Gasteiger partial charge on any atom is -0.478 e. The van der Waals surface area contributed by atoms with Gasteiger partial charge in [-0.15, -0.1) is 0 Å². The van der Waals surface area contributed by atoms with Gasteiger partial charge < -0.3 is 20.6 Å². The molecule has 0 atom stereocenters. The summed E-state index contributed by atoms with van der Waals surface area (Å²) in [5, 5.41) is 14.0. The van der Waals surface area contributed by atoms with E-state index in [-0.39, 0.29) is 30.6 Å². The topological polar surface area (TPSA) is 98.7 Å². The van der Waals surface area contributed by atoms with Crippen LogP contribution in [0.15, 0.2) is 24.3 Å². The van der Waals surface area contributed by atoms with Crippen LogP contribution in [0.2, 0.25) is 0 Å². The third-order valence-electron chi connectivity index (χ3n) is 2.75. The summed E-state index contributed by atoms with van der Waals surface area (Å²) in [5.74, 6) is -1.21. The van der Waals surface area contributed by atoms with Crippen LogP contribution in [0.3, 0.4) is 0 Å². The fraction of sp³-hybridized carbons (Fsp3) is 0.357. The van der Waals surface area contributed by atoms with Gasteiger partial charge in [-0.05, 0) is 24.6 Å². The highest BCUT2D eigenvalue weighted by Crippen LogP contribution is 2.04. The van der Waals surface area contributed by atoms with Gasteiger partial charge in [0.15, 0.2) is 0 Å². The minimum atomic E-state index is -0.993. The first-order valence-corrected chi connectivity index (χ1v) is 6.52. The number of amides is 3. The fourth-order valence-electron chi connectivity index (χ4n) is 1.62. The van der Waals surface area contributed by atoms with Crippen molar-refractivity contribution in [3.8, 4) is 0 Å². The maximum Gasteiger partial charge on any atom is 0.335 e. The van der Waals surface area contributed by atoms with Crippen LogP contribution in [0.25, 0.3) is 0 Å². The van der Waals surface area contributed by atoms with Crippen LogP contribution in [0.4, 0.5) is 4.79 Å². The van der Waals surface area contributed by atoms with E-state index < -0.39 is 5.97 Å². The Kier molecular flexibility index (Phi) is 6.19. The molecule has 1 aromatic rings. The van der Waals surface area contributed by atoms with Gasteiger partial charge in [0.1, 0.15) is 6.54 Å². The molecule has 1 rings (SSSR count). The number of nitrogens with one attached hydrogen (secondary N) is 2. The molecular formula is C14H19N3O4. The predicted octanol–water partition coefficient (Wildman–Crippen LogP) is 0.662. The molecule has 7 nitrogen and oxygen atoms in total. The van der Waals surface area contributed by atoms with E-state index in [1.165, 1.54) is 24.1 Å². The van der Waals surface area contributed by atoms with Gasteiger partial charge in [-0.1, -0.05) is 12.1 Å². The summed E-state index contributed by atoms with van der Waals surface area (Å²) in [6, 6.07) is 5.84. The van der Waals surface area contributed by atoms with Crippen molar-refractivity contribution in [3.05, 3.63) is 35.4 Å². The monoisotopic (exact) mass is 293 g/mol. The zero-order chi connectivity index (χ0) is 15.8. The number of carboxylic acid groups (broad SMARTS) is 1. The summed E-state index contributed by atoms with van der Waals surface area (Å²) in [4.78, 5) is 35.1. The number of carbonyl (C=O) groups excluding carboxylic acids is 2. The van der Waals surface area contributed by atoms with Crippen LogP contribution >= 0.6 is 0 Å². The molecule has 0 unspecified atom stereocenters. The highest BCUT2D eigenvalue weighted by Gasteiger charge is 2.11. The van der Waals surface area contributed by atoms with E-state index in [0.29, 0.717) is 6.54 Å². The Hall–Kier alpha value is -2.57. The molecule has 0 aliphatic rings. The number of benzene rings is 1. The van der Waals surface area contributed by atoms with Gasteiger partial charge in [-0.2, -0.15) is 0 Å². The molecule has 3 amide bonds. The number of likely N-dealkylation sites (N-methyl/N-ethyl adjacent to an activating group) is 2. The smallest absolute Gasteiger partial charge is 0.335 e. The molecule has 0 saturated carbocycles. The molecule has 21 heavy (non-hydrogen) atoms. The van der Waals surface area contributed by atoms with Gasteiger partial charge in [0.05, 0.1) is 5.56 Å². The zero-order valence-electron chi connectivity index (χ0n) is 12.0. The van der Waals surface area contributed by atoms with E-state index >= 15 is 0 Å². The Bertz CT molecular complexity index is 513. The van der Waals surface area contributed by atoms with Gasteiger partial charge in [-0.25, -0.2) is 9.59 Å². The van der Waals surface area contributed by atoms with Crippen molar-refractivity contribution in [1.82, 2.24) is 15.5 Å².